The van der Waals surface area contributed by atoms with Crippen LogP contribution >= 0.6 is 23.8 Å². The predicted octanol–water partition coefficient (Wildman–Crippen LogP) is 3.51. The van der Waals surface area contributed by atoms with E-state index < -0.39 is 11.6 Å². The van der Waals surface area contributed by atoms with Gasteiger partial charge in [-0.2, -0.15) is 0 Å². The number of aromatic amines is 1. The Hall–Kier alpha value is -2.81. The highest BCUT2D eigenvalue weighted by atomic mass is 35.5. The summed E-state index contributed by atoms with van der Waals surface area (Å²) in [7, 11) is 3.13. The van der Waals surface area contributed by atoms with Crippen LogP contribution in [0.25, 0.3) is 5.69 Å². The lowest BCUT2D eigenvalue weighted by atomic mass is 9.90. The standard InChI is InChI=1S/C21H20ClN3O4S/c1-28-15-9-11-7-8-23-18(12(11)10-16(15)29-2)17-19(26)24-21(30)25(20(17)27)14-6-4-3-5-13(14)22/h3-6,9-10,18,23,27H,7-8H2,1-2H3,(H,24,26,30)/t18-/m0/s1. The summed E-state index contributed by atoms with van der Waals surface area (Å²) in [5.74, 6) is 0.888. The van der Waals surface area contributed by atoms with Crippen molar-refractivity contribution in [1.82, 2.24) is 14.9 Å². The number of hydrogen-bond donors (Lipinski definition) is 3. The van der Waals surface area contributed by atoms with Gasteiger partial charge in [0, 0.05) is 6.54 Å². The summed E-state index contributed by atoms with van der Waals surface area (Å²) in [5, 5.41) is 14.9. The van der Waals surface area contributed by atoms with Crippen LogP contribution in [0.3, 0.4) is 0 Å². The van der Waals surface area contributed by atoms with E-state index in [-0.39, 0.29) is 16.2 Å². The quantitative estimate of drug-likeness (QED) is 0.533. The fourth-order valence-electron chi connectivity index (χ4n) is 3.80. The Labute approximate surface area is 182 Å². The van der Waals surface area contributed by atoms with Crippen LogP contribution in [0.2, 0.25) is 5.02 Å². The van der Waals surface area contributed by atoms with Crippen molar-refractivity contribution < 1.29 is 14.6 Å². The average Bonchev–Trinajstić information content (AvgIpc) is 2.73. The molecule has 7 nitrogen and oxygen atoms in total. The van der Waals surface area contributed by atoms with E-state index in [1.807, 2.05) is 12.1 Å². The summed E-state index contributed by atoms with van der Waals surface area (Å²) >= 11 is 11.6. The van der Waals surface area contributed by atoms with Gasteiger partial charge in [-0.1, -0.05) is 23.7 Å². The van der Waals surface area contributed by atoms with Crippen LogP contribution < -0.4 is 20.3 Å². The fraction of sp³-hybridized carbons (Fsp3) is 0.238. The van der Waals surface area contributed by atoms with E-state index in [1.165, 1.54) is 4.57 Å². The van der Waals surface area contributed by atoms with Crippen molar-refractivity contribution in [3.8, 4) is 23.1 Å². The summed E-state index contributed by atoms with van der Waals surface area (Å²) in [6, 6.07) is 10.1. The highest BCUT2D eigenvalue weighted by Crippen LogP contribution is 2.39. The van der Waals surface area contributed by atoms with Crippen molar-refractivity contribution in [1.29, 1.82) is 0 Å². The van der Waals surface area contributed by atoms with Crippen molar-refractivity contribution in [2.24, 2.45) is 0 Å². The highest BCUT2D eigenvalue weighted by molar-refractivity contribution is 7.71. The molecule has 1 aromatic heterocycles. The first-order valence-electron chi connectivity index (χ1n) is 9.27. The Morgan fingerprint density at radius 3 is 2.60 bits per heavy atom. The number of H-pyrrole nitrogens is 1. The van der Waals surface area contributed by atoms with Gasteiger partial charge in [0.2, 0.25) is 5.88 Å². The topological polar surface area (TPSA) is 88.5 Å². The third kappa shape index (κ3) is 3.36. The van der Waals surface area contributed by atoms with Gasteiger partial charge in [0.15, 0.2) is 16.3 Å². The molecule has 1 aliphatic rings. The summed E-state index contributed by atoms with van der Waals surface area (Å²) in [4.78, 5) is 15.6. The molecule has 0 radical (unpaired) electrons. The second-order valence-electron chi connectivity index (χ2n) is 6.83. The number of rotatable bonds is 4. The molecule has 0 amide bonds. The molecule has 0 saturated carbocycles. The van der Waals surface area contributed by atoms with Crippen LogP contribution in [0.1, 0.15) is 22.7 Å². The minimum absolute atomic E-state index is 0.0534. The van der Waals surface area contributed by atoms with Gasteiger partial charge in [0.1, 0.15) is 0 Å². The Bertz CT molecular complexity index is 1240. The molecule has 2 heterocycles. The first-order chi connectivity index (χ1) is 14.5. The number of hydrogen-bond acceptors (Lipinski definition) is 6. The van der Waals surface area contributed by atoms with Crippen molar-refractivity contribution in [2.45, 2.75) is 12.5 Å². The van der Waals surface area contributed by atoms with Gasteiger partial charge in [0.25, 0.3) is 5.56 Å². The third-order valence-corrected chi connectivity index (χ3v) is 5.81. The van der Waals surface area contributed by atoms with Crippen LogP contribution in [-0.4, -0.2) is 35.4 Å². The lowest BCUT2D eigenvalue weighted by Gasteiger charge is -2.29. The van der Waals surface area contributed by atoms with E-state index in [1.54, 1.807) is 38.5 Å². The van der Waals surface area contributed by atoms with Gasteiger partial charge in [-0.15, -0.1) is 0 Å². The van der Waals surface area contributed by atoms with Crippen molar-refractivity contribution in [3.63, 3.8) is 0 Å². The number of aromatic nitrogens is 2. The largest absolute Gasteiger partial charge is 0.494 e. The lowest BCUT2D eigenvalue weighted by molar-refractivity contribution is 0.352. The summed E-state index contributed by atoms with van der Waals surface area (Å²) in [6.07, 6.45) is 0.745. The summed E-state index contributed by atoms with van der Waals surface area (Å²) in [5.41, 5.74) is 1.98. The number of benzene rings is 2. The Morgan fingerprint density at radius 2 is 1.90 bits per heavy atom. The number of ether oxygens (including phenoxy) is 2. The van der Waals surface area contributed by atoms with E-state index in [0.29, 0.717) is 28.8 Å². The molecule has 4 rings (SSSR count). The molecule has 0 unspecified atom stereocenters. The first kappa shape index (κ1) is 20.5. The van der Waals surface area contributed by atoms with Gasteiger partial charge in [-0.25, -0.2) is 0 Å². The Balaban J connectivity index is 1.96. The van der Waals surface area contributed by atoms with E-state index >= 15 is 0 Å². The smallest absolute Gasteiger partial charge is 0.260 e. The van der Waals surface area contributed by atoms with Gasteiger partial charge in [0.05, 0.1) is 36.5 Å². The molecular weight excluding hydrogens is 426 g/mol. The first-order valence-corrected chi connectivity index (χ1v) is 10.1. The van der Waals surface area contributed by atoms with Crippen molar-refractivity contribution >= 4 is 23.8 Å². The minimum Gasteiger partial charge on any atom is -0.494 e. The summed E-state index contributed by atoms with van der Waals surface area (Å²) < 4.78 is 12.3. The molecule has 0 aliphatic carbocycles. The van der Waals surface area contributed by atoms with E-state index in [2.05, 4.69) is 10.3 Å². The monoisotopic (exact) mass is 445 g/mol. The number of para-hydroxylation sites is 1. The Morgan fingerprint density at radius 1 is 1.20 bits per heavy atom. The molecule has 30 heavy (non-hydrogen) atoms. The molecule has 9 heteroatoms. The van der Waals surface area contributed by atoms with Crippen LogP contribution in [0.5, 0.6) is 17.4 Å². The van der Waals surface area contributed by atoms with Gasteiger partial charge < -0.3 is 19.9 Å². The summed E-state index contributed by atoms with van der Waals surface area (Å²) in [6.45, 7) is 0.619. The van der Waals surface area contributed by atoms with Crippen LogP contribution in [0.4, 0.5) is 0 Å². The minimum atomic E-state index is -0.568. The molecule has 1 aliphatic heterocycles. The second kappa shape index (κ2) is 8.14. The van der Waals surface area contributed by atoms with E-state index in [9.17, 15) is 9.90 Å². The maximum Gasteiger partial charge on any atom is 0.260 e. The lowest BCUT2D eigenvalue weighted by Crippen LogP contribution is -2.35. The Kier molecular flexibility index (Phi) is 5.55. The zero-order valence-electron chi connectivity index (χ0n) is 16.4. The zero-order chi connectivity index (χ0) is 21.4. The average molecular weight is 446 g/mol. The highest BCUT2D eigenvalue weighted by Gasteiger charge is 2.30. The molecule has 1 atom stereocenters. The van der Waals surface area contributed by atoms with Crippen LogP contribution in [0.15, 0.2) is 41.2 Å². The number of halogens is 1. The van der Waals surface area contributed by atoms with Crippen molar-refractivity contribution in [3.05, 3.63) is 73.2 Å². The molecule has 3 N–H and O–H groups in total. The normalized spacial score (nSPS) is 15.5. The number of nitrogens with one attached hydrogen (secondary N) is 2. The number of fused-ring (bicyclic) bond motifs is 1. The maximum absolute atomic E-state index is 12.9. The second-order valence-corrected chi connectivity index (χ2v) is 7.62. The number of aromatic hydroxyl groups is 1. The van der Waals surface area contributed by atoms with Gasteiger partial charge in [-0.3, -0.25) is 14.3 Å². The van der Waals surface area contributed by atoms with Gasteiger partial charge >= 0.3 is 0 Å². The molecule has 0 saturated heterocycles. The fourth-order valence-corrected chi connectivity index (χ4v) is 4.29. The maximum atomic E-state index is 12.9. The van der Waals surface area contributed by atoms with Crippen LogP contribution in [0, 0.1) is 4.77 Å². The molecule has 0 spiro atoms. The van der Waals surface area contributed by atoms with Crippen LogP contribution in [-0.2, 0) is 6.42 Å². The number of nitrogens with zero attached hydrogens (tertiary/aromatic N) is 1. The number of methoxy groups -OCH3 is 2. The molecule has 2 aromatic carbocycles. The molecule has 0 fully saturated rings. The molecule has 0 bridgehead atoms. The van der Waals surface area contributed by atoms with Gasteiger partial charge in [-0.05, 0) is 54.0 Å². The zero-order valence-corrected chi connectivity index (χ0v) is 17.9. The SMILES string of the molecule is COc1cc2c(cc1OC)[C@@H](c1c(O)n(-c3ccccc3Cl)c(=S)[nH]c1=O)NCC2. The van der Waals surface area contributed by atoms with Crippen molar-refractivity contribution in [2.75, 3.05) is 20.8 Å². The predicted molar refractivity (Wildman–Crippen MR) is 117 cm³/mol. The van der Waals surface area contributed by atoms with E-state index in [4.69, 9.17) is 33.3 Å². The molecule has 3 aromatic rings. The molecule has 156 valence electrons. The third-order valence-electron chi connectivity index (χ3n) is 5.20. The molecular formula is C21H20ClN3O4S. The van der Waals surface area contributed by atoms with E-state index in [0.717, 1.165) is 17.5 Å².